The summed E-state index contributed by atoms with van der Waals surface area (Å²) in [5.74, 6) is 0. The van der Waals surface area contributed by atoms with Gasteiger partial charge in [-0.25, -0.2) is 0 Å². The van der Waals surface area contributed by atoms with Crippen molar-refractivity contribution in [3.63, 3.8) is 0 Å². The van der Waals surface area contributed by atoms with Gasteiger partial charge < -0.3 is 5.32 Å². The highest BCUT2D eigenvalue weighted by Crippen LogP contribution is 2.22. The average molecular weight is 267 g/mol. The van der Waals surface area contributed by atoms with E-state index in [1.165, 1.54) is 22.3 Å². The Morgan fingerprint density at radius 2 is 1.20 bits per heavy atom. The molecule has 0 unspecified atom stereocenters. The third kappa shape index (κ3) is 4.21. The van der Waals surface area contributed by atoms with Crippen molar-refractivity contribution in [2.24, 2.45) is 0 Å². The van der Waals surface area contributed by atoms with Gasteiger partial charge in [-0.15, -0.1) is 0 Å². The Labute approximate surface area is 123 Å². The van der Waals surface area contributed by atoms with Crippen molar-refractivity contribution in [2.75, 3.05) is 0 Å². The van der Waals surface area contributed by atoms with Crippen LogP contribution in [0.4, 0.5) is 0 Å². The van der Waals surface area contributed by atoms with Crippen molar-refractivity contribution in [1.82, 2.24) is 5.32 Å². The van der Waals surface area contributed by atoms with Crippen LogP contribution in [-0.2, 0) is 18.5 Å². The molecule has 0 fully saturated rings. The Morgan fingerprint density at radius 3 is 1.65 bits per heavy atom. The lowest BCUT2D eigenvalue weighted by Crippen LogP contribution is -2.14. The minimum atomic E-state index is 0.230. The lowest BCUT2D eigenvalue weighted by atomic mass is 9.87. The van der Waals surface area contributed by atoms with Crippen molar-refractivity contribution >= 4 is 0 Å². The van der Waals surface area contributed by atoms with E-state index in [0.717, 1.165) is 13.1 Å². The van der Waals surface area contributed by atoms with Gasteiger partial charge in [0.15, 0.2) is 0 Å². The van der Waals surface area contributed by atoms with Gasteiger partial charge in [0.1, 0.15) is 0 Å². The Morgan fingerprint density at radius 1 is 0.750 bits per heavy atom. The summed E-state index contributed by atoms with van der Waals surface area (Å²) < 4.78 is 0. The van der Waals surface area contributed by atoms with Crippen molar-refractivity contribution in [3.8, 4) is 0 Å². The molecule has 0 spiro atoms. The van der Waals surface area contributed by atoms with Crippen LogP contribution in [0.15, 0.2) is 48.5 Å². The molecule has 2 aromatic carbocycles. The molecule has 0 aromatic heterocycles. The molecule has 0 aliphatic rings. The first kappa shape index (κ1) is 14.8. The van der Waals surface area contributed by atoms with Crippen LogP contribution in [0.1, 0.15) is 43.0 Å². The SMILES string of the molecule is Cc1ccc(CNCc2ccc(C(C)(C)C)cc2)cc1. The molecule has 0 atom stereocenters. The number of hydrogen-bond donors (Lipinski definition) is 1. The van der Waals surface area contributed by atoms with Gasteiger partial charge in [0.25, 0.3) is 0 Å². The van der Waals surface area contributed by atoms with Crippen molar-refractivity contribution in [2.45, 2.75) is 46.2 Å². The molecule has 1 nitrogen and oxygen atoms in total. The normalized spacial score (nSPS) is 11.6. The molecule has 0 amide bonds. The molecule has 2 aromatic rings. The second-order valence-corrected chi connectivity index (χ2v) is 6.54. The number of benzene rings is 2. The predicted molar refractivity (Wildman–Crippen MR) is 86.9 cm³/mol. The van der Waals surface area contributed by atoms with E-state index in [9.17, 15) is 0 Å². The second-order valence-electron chi connectivity index (χ2n) is 6.54. The van der Waals surface area contributed by atoms with E-state index in [1.807, 2.05) is 0 Å². The fourth-order valence-corrected chi connectivity index (χ4v) is 2.18. The first-order valence-corrected chi connectivity index (χ1v) is 7.31. The Bertz CT molecular complexity index is 529. The van der Waals surface area contributed by atoms with Crippen molar-refractivity contribution < 1.29 is 0 Å². The fraction of sp³-hybridized carbons (Fsp3) is 0.368. The first-order chi connectivity index (χ1) is 9.45. The van der Waals surface area contributed by atoms with E-state index in [1.54, 1.807) is 0 Å². The van der Waals surface area contributed by atoms with E-state index in [-0.39, 0.29) is 5.41 Å². The molecule has 0 radical (unpaired) electrons. The van der Waals surface area contributed by atoms with E-state index < -0.39 is 0 Å². The van der Waals surface area contributed by atoms with Gasteiger partial charge in [-0.05, 0) is 29.0 Å². The van der Waals surface area contributed by atoms with Gasteiger partial charge in [0.2, 0.25) is 0 Å². The highest BCUT2D eigenvalue weighted by atomic mass is 14.8. The minimum absolute atomic E-state index is 0.230. The maximum atomic E-state index is 3.50. The van der Waals surface area contributed by atoms with Gasteiger partial charge in [0, 0.05) is 13.1 Å². The zero-order valence-electron chi connectivity index (χ0n) is 13.0. The topological polar surface area (TPSA) is 12.0 Å². The molecular weight excluding hydrogens is 242 g/mol. The molecule has 0 aliphatic carbocycles. The van der Waals surface area contributed by atoms with Crippen LogP contribution in [0.5, 0.6) is 0 Å². The van der Waals surface area contributed by atoms with Crippen molar-refractivity contribution in [3.05, 3.63) is 70.8 Å². The third-order valence-corrected chi connectivity index (χ3v) is 3.60. The van der Waals surface area contributed by atoms with Crippen LogP contribution in [0.25, 0.3) is 0 Å². The minimum Gasteiger partial charge on any atom is -0.309 e. The molecule has 1 heteroatoms. The molecule has 2 rings (SSSR count). The summed E-state index contributed by atoms with van der Waals surface area (Å²) in [7, 11) is 0. The summed E-state index contributed by atoms with van der Waals surface area (Å²) in [6, 6.07) is 17.6. The van der Waals surface area contributed by atoms with Crippen LogP contribution < -0.4 is 5.32 Å². The fourth-order valence-electron chi connectivity index (χ4n) is 2.18. The molecular formula is C19H25N. The van der Waals surface area contributed by atoms with Crippen LogP contribution in [0.2, 0.25) is 0 Å². The van der Waals surface area contributed by atoms with Crippen LogP contribution >= 0.6 is 0 Å². The first-order valence-electron chi connectivity index (χ1n) is 7.31. The molecule has 1 N–H and O–H groups in total. The number of nitrogens with one attached hydrogen (secondary N) is 1. The van der Waals surface area contributed by atoms with E-state index >= 15 is 0 Å². The highest BCUT2D eigenvalue weighted by Gasteiger charge is 2.12. The molecule has 0 heterocycles. The maximum absolute atomic E-state index is 3.50. The monoisotopic (exact) mass is 267 g/mol. The van der Waals surface area contributed by atoms with Gasteiger partial charge in [-0.3, -0.25) is 0 Å². The average Bonchev–Trinajstić information content (AvgIpc) is 2.41. The summed E-state index contributed by atoms with van der Waals surface area (Å²) in [5, 5.41) is 3.50. The van der Waals surface area contributed by atoms with Crippen LogP contribution in [0.3, 0.4) is 0 Å². The van der Waals surface area contributed by atoms with Gasteiger partial charge in [-0.2, -0.15) is 0 Å². The molecule has 0 bridgehead atoms. The molecule has 106 valence electrons. The summed E-state index contributed by atoms with van der Waals surface area (Å²) in [6.07, 6.45) is 0. The standard InChI is InChI=1S/C19H25N/c1-15-5-7-16(8-6-15)13-20-14-17-9-11-18(12-10-17)19(2,3)4/h5-12,20H,13-14H2,1-4H3. The molecule has 20 heavy (non-hydrogen) atoms. The molecule has 0 saturated carbocycles. The lowest BCUT2D eigenvalue weighted by molar-refractivity contribution is 0.589. The van der Waals surface area contributed by atoms with Crippen LogP contribution in [-0.4, -0.2) is 0 Å². The summed E-state index contributed by atoms with van der Waals surface area (Å²) in [4.78, 5) is 0. The summed E-state index contributed by atoms with van der Waals surface area (Å²) in [5.41, 5.74) is 5.60. The zero-order chi connectivity index (χ0) is 14.6. The molecule has 0 saturated heterocycles. The number of rotatable bonds is 4. The Hall–Kier alpha value is -1.60. The summed E-state index contributed by atoms with van der Waals surface area (Å²) in [6.45, 7) is 10.7. The Kier molecular flexibility index (Phi) is 4.61. The number of aryl methyl sites for hydroxylation is 1. The van der Waals surface area contributed by atoms with E-state index in [0.29, 0.717) is 0 Å². The zero-order valence-corrected chi connectivity index (χ0v) is 13.0. The highest BCUT2D eigenvalue weighted by molar-refractivity contribution is 5.27. The van der Waals surface area contributed by atoms with E-state index in [2.05, 4.69) is 81.5 Å². The summed E-state index contributed by atoms with van der Waals surface area (Å²) >= 11 is 0. The van der Waals surface area contributed by atoms with Crippen LogP contribution in [0, 0.1) is 6.92 Å². The van der Waals surface area contributed by atoms with Gasteiger partial charge in [-0.1, -0.05) is 74.9 Å². The smallest absolute Gasteiger partial charge is 0.0208 e. The lowest BCUT2D eigenvalue weighted by Gasteiger charge is -2.19. The largest absolute Gasteiger partial charge is 0.309 e. The third-order valence-electron chi connectivity index (χ3n) is 3.60. The second kappa shape index (κ2) is 6.23. The van der Waals surface area contributed by atoms with E-state index in [4.69, 9.17) is 0 Å². The van der Waals surface area contributed by atoms with Gasteiger partial charge >= 0.3 is 0 Å². The van der Waals surface area contributed by atoms with Crippen molar-refractivity contribution in [1.29, 1.82) is 0 Å². The van der Waals surface area contributed by atoms with Gasteiger partial charge in [0.05, 0.1) is 0 Å². The number of hydrogen-bond acceptors (Lipinski definition) is 1. The predicted octanol–water partition coefficient (Wildman–Crippen LogP) is 4.58. The quantitative estimate of drug-likeness (QED) is 0.855. The Balaban J connectivity index is 1.87. The maximum Gasteiger partial charge on any atom is 0.0208 e. The molecule has 0 aliphatic heterocycles.